The molecule has 1 heterocycles. The number of Topliss-reactive ketones (excluding diaryl/α,β-unsaturated/α-hetero) is 1. The van der Waals surface area contributed by atoms with Crippen molar-refractivity contribution in [2.24, 2.45) is 0 Å². The molecule has 0 aliphatic heterocycles. The third kappa shape index (κ3) is 3.92. The number of carbonyl (C=O) groups excluding carboxylic acids is 2. The largest absolute Gasteiger partial charge is 0.351 e. The first kappa shape index (κ1) is 14.3. The summed E-state index contributed by atoms with van der Waals surface area (Å²) in [6, 6.07) is 1.56. The Morgan fingerprint density at radius 1 is 1.39 bits per heavy atom. The number of amides is 1. The summed E-state index contributed by atoms with van der Waals surface area (Å²) in [6.45, 7) is 5.75. The predicted molar refractivity (Wildman–Crippen MR) is 69.7 cm³/mol. The topological polar surface area (TPSA) is 62.3 Å². The molecule has 5 nitrogen and oxygen atoms in total. The highest BCUT2D eigenvalue weighted by molar-refractivity contribution is 6.06. The van der Waals surface area contributed by atoms with Crippen LogP contribution in [0, 0.1) is 0 Å². The fourth-order valence-electron chi connectivity index (χ4n) is 1.50. The first-order chi connectivity index (χ1) is 8.56. The zero-order valence-electron chi connectivity index (χ0n) is 11.1. The van der Waals surface area contributed by atoms with Gasteiger partial charge in [-0.1, -0.05) is 6.92 Å². The van der Waals surface area contributed by atoms with Gasteiger partial charge in [-0.25, -0.2) is 0 Å². The number of hydrogen-bond donors (Lipinski definition) is 1. The molecule has 5 heteroatoms. The standard InChI is InChI=1S/C13H19N3O2/c1-4-16(3)8-7-15-13(18)12-9-14-6-5-11(12)10(2)17/h5-6,9H,4,7-8H2,1-3H3,(H,15,18). The number of ketones is 1. The lowest BCUT2D eigenvalue weighted by molar-refractivity contribution is 0.0935. The highest BCUT2D eigenvalue weighted by Gasteiger charge is 2.13. The molecule has 18 heavy (non-hydrogen) atoms. The average molecular weight is 249 g/mol. The molecule has 0 spiro atoms. The van der Waals surface area contributed by atoms with Crippen molar-refractivity contribution in [3.63, 3.8) is 0 Å². The summed E-state index contributed by atoms with van der Waals surface area (Å²) in [5.41, 5.74) is 0.746. The molecule has 0 saturated carbocycles. The van der Waals surface area contributed by atoms with Crippen molar-refractivity contribution in [1.82, 2.24) is 15.2 Å². The van der Waals surface area contributed by atoms with Gasteiger partial charge in [0, 0.05) is 31.0 Å². The molecule has 1 N–H and O–H groups in total. The predicted octanol–water partition coefficient (Wildman–Crippen LogP) is 0.966. The van der Waals surface area contributed by atoms with Gasteiger partial charge in [0.05, 0.1) is 5.56 Å². The van der Waals surface area contributed by atoms with E-state index in [2.05, 4.69) is 22.1 Å². The normalized spacial score (nSPS) is 10.4. The molecule has 1 aromatic rings. The Hall–Kier alpha value is -1.75. The summed E-state index contributed by atoms with van der Waals surface area (Å²) in [7, 11) is 1.98. The fraction of sp³-hybridized carbons (Fsp3) is 0.462. The molecule has 1 aromatic heterocycles. The summed E-state index contributed by atoms with van der Waals surface area (Å²) in [4.78, 5) is 29.3. The summed E-state index contributed by atoms with van der Waals surface area (Å²) >= 11 is 0. The maximum Gasteiger partial charge on any atom is 0.253 e. The molecule has 1 rings (SSSR count). The van der Waals surface area contributed by atoms with Crippen LogP contribution in [0.3, 0.4) is 0 Å². The van der Waals surface area contributed by atoms with Crippen LogP contribution in [0.25, 0.3) is 0 Å². The Labute approximate surface area is 107 Å². The number of nitrogens with zero attached hydrogens (tertiary/aromatic N) is 2. The molecular weight excluding hydrogens is 230 g/mol. The van der Waals surface area contributed by atoms with Gasteiger partial charge in [0.25, 0.3) is 5.91 Å². The number of nitrogens with one attached hydrogen (secondary N) is 1. The van der Waals surface area contributed by atoms with E-state index < -0.39 is 0 Å². The lowest BCUT2D eigenvalue weighted by Crippen LogP contribution is -2.33. The summed E-state index contributed by atoms with van der Waals surface area (Å²) in [6.07, 6.45) is 2.94. The van der Waals surface area contributed by atoms with Crippen LogP contribution in [0.1, 0.15) is 34.6 Å². The van der Waals surface area contributed by atoms with Gasteiger partial charge in [-0.15, -0.1) is 0 Å². The average Bonchev–Trinajstić information content (AvgIpc) is 2.38. The van der Waals surface area contributed by atoms with Crippen molar-refractivity contribution in [2.45, 2.75) is 13.8 Å². The maximum atomic E-state index is 11.9. The Morgan fingerprint density at radius 3 is 2.72 bits per heavy atom. The summed E-state index contributed by atoms with van der Waals surface area (Å²) in [5.74, 6) is -0.383. The number of rotatable bonds is 6. The molecule has 0 saturated heterocycles. The van der Waals surface area contributed by atoms with E-state index in [4.69, 9.17) is 0 Å². The van der Waals surface area contributed by atoms with E-state index in [-0.39, 0.29) is 11.7 Å². The maximum absolute atomic E-state index is 11.9. The van der Waals surface area contributed by atoms with E-state index in [1.165, 1.54) is 19.3 Å². The fourth-order valence-corrected chi connectivity index (χ4v) is 1.50. The molecule has 98 valence electrons. The Morgan fingerprint density at radius 2 is 2.11 bits per heavy atom. The van der Waals surface area contributed by atoms with Gasteiger partial charge in [-0.2, -0.15) is 0 Å². The van der Waals surface area contributed by atoms with Crippen LogP contribution in [0.15, 0.2) is 18.5 Å². The highest BCUT2D eigenvalue weighted by atomic mass is 16.2. The smallest absolute Gasteiger partial charge is 0.253 e. The van der Waals surface area contributed by atoms with Gasteiger partial charge < -0.3 is 10.2 Å². The Balaban J connectivity index is 2.64. The molecular formula is C13H19N3O2. The van der Waals surface area contributed by atoms with Crippen molar-refractivity contribution >= 4 is 11.7 Å². The molecule has 0 aliphatic carbocycles. The van der Waals surface area contributed by atoms with E-state index in [0.29, 0.717) is 17.7 Å². The first-order valence-electron chi connectivity index (χ1n) is 5.98. The van der Waals surface area contributed by atoms with E-state index in [0.717, 1.165) is 13.1 Å². The molecule has 0 fully saturated rings. The van der Waals surface area contributed by atoms with Gasteiger partial charge in [0.1, 0.15) is 0 Å². The van der Waals surface area contributed by atoms with Crippen molar-refractivity contribution in [3.8, 4) is 0 Å². The summed E-state index contributed by atoms with van der Waals surface area (Å²) < 4.78 is 0. The zero-order chi connectivity index (χ0) is 13.5. The van der Waals surface area contributed by atoms with Crippen LogP contribution in [0.2, 0.25) is 0 Å². The minimum Gasteiger partial charge on any atom is -0.351 e. The van der Waals surface area contributed by atoms with Crippen molar-refractivity contribution in [1.29, 1.82) is 0 Å². The minimum absolute atomic E-state index is 0.131. The molecule has 0 unspecified atom stereocenters. The van der Waals surface area contributed by atoms with E-state index >= 15 is 0 Å². The second-order valence-corrected chi connectivity index (χ2v) is 4.13. The first-order valence-corrected chi connectivity index (χ1v) is 5.98. The minimum atomic E-state index is -0.252. The van der Waals surface area contributed by atoms with Gasteiger partial charge in [-0.3, -0.25) is 14.6 Å². The molecule has 0 aliphatic rings. The van der Waals surface area contributed by atoms with E-state index in [1.807, 2.05) is 7.05 Å². The van der Waals surface area contributed by atoms with Gasteiger partial charge >= 0.3 is 0 Å². The number of carbonyl (C=O) groups is 2. The van der Waals surface area contributed by atoms with Crippen LogP contribution >= 0.6 is 0 Å². The number of hydrogen-bond acceptors (Lipinski definition) is 4. The Bertz CT molecular complexity index is 432. The SMILES string of the molecule is CCN(C)CCNC(=O)c1cnccc1C(C)=O. The quantitative estimate of drug-likeness (QED) is 0.763. The lowest BCUT2D eigenvalue weighted by atomic mass is 10.1. The second kappa shape index (κ2) is 6.86. The van der Waals surface area contributed by atoms with Crippen LogP contribution in [0.4, 0.5) is 0 Å². The monoisotopic (exact) mass is 249 g/mol. The van der Waals surface area contributed by atoms with Crippen LogP contribution in [0.5, 0.6) is 0 Å². The highest BCUT2D eigenvalue weighted by Crippen LogP contribution is 2.07. The molecule has 0 bridgehead atoms. The number of pyridine rings is 1. The lowest BCUT2D eigenvalue weighted by Gasteiger charge is -2.14. The zero-order valence-corrected chi connectivity index (χ0v) is 11.1. The second-order valence-electron chi connectivity index (χ2n) is 4.13. The third-order valence-corrected chi connectivity index (χ3v) is 2.76. The molecule has 0 aromatic carbocycles. The van der Waals surface area contributed by atoms with Crippen LogP contribution in [-0.4, -0.2) is 48.3 Å². The number of aromatic nitrogens is 1. The van der Waals surface area contributed by atoms with Gasteiger partial charge in [0.15, 0.2) is 5.78 Å². The third-order valence-electron chi connectivity index (χ3n) is 2.76. The number of likely N-dealkylation sites (N-methyl/N-ethyl adjacent to an activating group) is 1. The van der Waals surface area contributed by atoms with E-state index in [9.17, 15) is 9.59 Å². The van der Waals surface area contributed by atoms with Crippen molar-refractivity contribution in [3.05, 3.63) is 29.6 Å². The molecule has 1 amide bonds. The summed E-state index contributed by atoms with van der Waals surface area (Å²) in [5, 5.41) is 2.79. The van der Waals surface area contributed by atoms with Gasteiger partial charge in [0.2, 0.25) is 0 Å². The Kier molecular flexibility index (Phi) is 5.45. The van der Waals surface area contributed by atoms with Crippen LogP contribution < -0.4 is 5.32 Å². The molecule has 0 radical (unpaired) electrons. The van der Waals surface area contributed by atoms with Gasteiger partial charge in [-0.05, 0) is 26.6 Å². The van der Waals surface area contributed by atoms with Crippen LogP contribution in [-0.2, 0) is 0 Å². The van der Waals surface area contributed by atoms with E-state index in [1.54, 1.807) is 6.07 Å². The van der Waals surface area contributed by atoms with Crippen molar-refractivity contribution < 1.29 is 9.59 Å². The molecule has 0 atom stereocenters. The van der Waals surface area contributed by atoms with Crippen molar-refractivity contribution in [2.75, 3.05) is 26.7 Å².